The van der Waals surface area contributed by atoms with E-state index in [0.717, 1.165) is 24.8 Å². The fourth-order valence-corrected chi connectivity index (χ4v) is 5.51. The molecule has 11 heteroatoms. The van der Waals surface area contributed by atoms with Crippen LogP contribution in [-0.2, 0) is 6.42 Å². The Hall–Kier alpha value is -4.61. The van der Waals surface area contributed by atoms with Gasteiger partial charge >= 0.3 is 5.97 Å². The molecule has 2 aromatic carbocycles. The van der Waals surface area contributed by atoms with Crippen LogP contribution in [0.1, 0.15) is 65.0 Å². The molecule has 0 bridgehead atoms. The minimum Gasteiger partial charge on any atom is -0.507 e. The van der Waals surface area contributed by atoms with Gasteiger partial charge in [0, 0.05) is 22.6 Å². The first-order valence-corrected chi connectivity index (χ1v) is 14.7. The Labute approximate surface area is 256 Å². The summed E-state index contributed by atoms with van der Waals surface area (Å²) < 4.78 is 30.0. The number of carboxylic acid groups (broad SMARTS) is 1. The lowest BCUT2D eigenvalue weighted by Crippen LogP contribution is -2.12. The molecule has 230 valence electrons. The molecule has 0 spiro atoms. The SMILES string of the molecule is CCCc1c(OCC/C=C\C=C\[C@H](Sc2ccc3c(=O)cc(C(=O)O)oc3c2)[C@H](O)c2cc(F)co2)ccc(C(C)=O)c1O. The minimum atomic E-state index is -1.37. The Morgan fingerprint density at radius 3 is 2.61 bits per heavy atom. The number of fused-ring (bicyclic) bond motifs is 1. The molecule has 0 saturated heterocycles. The maximum atomic E-state index is 13.6. The van der Waals surface area contributed by atoms with Crippen molar-refractivity contribution in [3.05, 3.63) is 112 Å². The van der Waals surface area contributed by atoms with E-state index in [-0.39, 0.29) is 33.8 Å². The van der Waals surface area contributed by atoms with E-state index in [2.05, 4.69) is 0 Å². The number of aromatic carboxylic acids is 1. The van der Waals surface area contributed by atoms with Crippen molar-refractivity contribution in [1.82, 2.24) is 0 Å². The Morgan fingerprint density at radius 2 is 1.93 bits per heavy atom. The molecule has 0 aliphatic carbocycles. The molecule has 2 heterocycles. The number of carboxylic acids is 1. The molecule has 3 N–H and O–H groups in total. The molecule has 0 saturated carbocycles. The number of ether oxygens (including phenoxy) is 1. The normalized spacial score (nSPS) is 13.1. The third-order valence-corrected chi connectivity index (χ3v) is 7.80. The molecule has 0 fully saturated rings. The van der Waals surface area contributed by atoms with Gasteiger partial charge in [-0.05, 0) is 50.1 Å². The van der Waals surface area contributed by atoms with Crippen molar-refractivity contribution in [1.29, 1.82) is 0 Å². The number of phenols is 1. The minimum absolute atomic E-state index is 0.0180. The van der Waals surface area contributed by atoms with Crippen molar-refractivity contribution in [2.75, 3.05) is 6.61 Å². The highest BCUT2D eigenvalue weighted by Crippen LogP contribution is 2.35. The summed E-state index contributed by atoms with van der Waals surface area (Å²) in [4.78, 5) is 36.0. The van der Waals surface area contributed by atoms with Gasteiger partial charge in [-0.3, -0.25) is 9.59 Å². The number of aliphatic hydroxyl groups excluding tert-OH is 1. The first kappa shape index (κ1) is 32.3. The molecule has 9 nitrogen and oxygen atoms in total. The number of thioether (sulfide) groups is 1. The number of hydrogen-bond acceptors (Lipinski definition) is 9. The van der Waals surface area contributed by atoms with Gasteiger partial charge in [0.15, 0.2) is 17.0 Å². The first-order valence-electron chi connectivity index (χ1n) is 13.8. The van der Waals surface area contributed by atoms with Crippen LogP contribution in [-0.4, -0.2) is 38.9 Å². The van der Waals surface area contributed by atoms with Crippen LogP contribution in [0.15, 0.2) is 91.6 Å². The number of phenolic OH excluding ortho intramolecular Hbond substituents is 1. The lowest BCUT2D eigenvalue weighted by Gasteiger charge is -2.18. The van der Waals surface area contributed by atoms with E-state index >= 15 is 0 Å². The van der Waals surface area contributed by atoms with Gasteiger partial charge in [-0.25, -0.2) is 9.18 Å². The van der Waals surface area contributed by atoms with E-state index in [0.29, 0.717) is 35.7 Å². The fraction of sp³-hybridized carbons (Fsp3) is 0.242. The van der Waals surface area contributed by atoms with Crippen LogP contribution < -0.4 is 10.2 Å². The van der Waals surface area contributed by atoms with Crippen LogP contribution in [0.2, 0.25) is 0 Å². The summed E-state index contributed by atoms with van der Waals surface area (Å²) in [5.41, 5.74) is 0.436. The van der Waals surface area contributed by atoms with Gasteiger partial charge in [0.25, 0.3) is 0 Å². The maximum absolute atomic E-state index is 13.6. The number of benzene rings is 2. The smallest absolute Gasteiger partial charge is 0.371 e. The lowest BCUT2D eigenvalue weighted by atomic mass is 10.0. The maximum Gasteiger partial charge on any atom is 0.371 e. The second kappa shape index (κ2) is 14.7. The Kier molecular flexibility index (Phi) is 10.8. The summed E-state index contributed by atoms with van der Waals surface area (Å²) in [5.74, 6) is -2.24. The molecule has 2 aromatic heterocycles. The Morgan fingerprint density at radius 1 is 1.14 bits per heavy atom. The standard InChI is InChI=1S/C33H31FO9S/c1-3-8-24-26(13-12-22(19(2)35)31(24)37)41-14-7-5-4-6-9-30(32(38)28-15-20(34)18-42-28)44-21-10-11-23-25(36)17-29(33(39)40)43-27(23)16-21/h4-6,9-13,15-18,30,32,37-38H,3,7-8,14H2,1-2H3,(H,39,40)/b5-4-,9-6+/t30-,32+/m0/s1. The van der Waals surface area contributed by atoms with Crippen molar-refractivity contribution in [3.8, 4) is 11.5 Å². The van der Waals surface area contributed by atoms with E-state index in [1.54, 1.807) is 36.4 Å². The number of aromatic hydroxyl groups is 1. The first-order chi connectivity index (χ1) is 21.1. The monoisotopic (exact) mass is 622 g/mol. The molecular formula is C33H31FO9S. The highest BCUT2D eigenvalue weighted by molar-refractivity contribution is 8.00. The van der Waals surface area contributed by atoms with Crippen molar-refractivity contribution in [3.63, 3.8) is 0 Å². The van der Waals surface area contributed by atoms with Gasteiger partial charge in [0.05, 0.1) is 22.8 Å². The van der Waals surface area contributed by atoms with E-state index in [1.807, 2.05) is 13.0 Å². The van der Waals surface area contributed by atoms with Gasteiger partial charge in [0.2, 0.25) is 5.76 Å². The van der Waals surface area contributed by atoms with Crippen LogP contribution >= 0.6 is 11.8 Å². The number of hydrogen-bond donors (Lipinski definition) is 3. The van der Waals surface area contributed by atoms with Crippen molar-refractivity contribution < 1.29 is 42.9 Å². The summed E-state index contributed by atoms with van der Waals surface area (Å²) in [6.07, 6.45) is 8.50. The molecule has 2 atom stereocenters. The summed E-state index contributed by atoms with van der Waals surface area (Å²) in [5, 5.41) is 30.2. The fourth-order valence-electron chi connectivity index (χ4n) is 4.44. The van der Waals surface area contributed by atoms with Crippen LogP contribution in [0.3, 0.4) is 0 Å². The zero-order valence-electron chi connectivity index (χ0n) is 24.0. The highest BCUT2D eigenvalue weighted by atomic mass is 32.2. The van der Waals surface area contributed by atoms with E-state index in [4.69, 9.17) is 13.6 Å². The summed E-state index contributed by atoms with van der Waals surface area (Å²) in [7, 11) is 0. The van der Waals surface area contributed by atoms with E-state index < -0.39 is 34.3 Å². The topological polar surface area (TPSA) is 147 Å². The number of rotatable bonds is 14. The molecular weight excluding hydrogens is 591 g/mol. The van der Waals surface area contributed by atoms with Gasteiger partial charge < -0.3 is 28.9 Å². The quantitative estimate of drug-likeness (QED) is 0.0590. The number of carbonyl (C=O) groups excluding carboxylic acids is 1. The van der Waals surface area contributed by atoms with E-state index in [1.165, 1.54) is 30.8 Å². The third-order valence-electron chi connectivity index (χ3n) is 6.58. The molecule has 4 aromatic rings. The number of aliphatic hydroxyl groups is 1. The number of allylic oxidation sites excluding steroid dienone is 2. The van der Waals surface area contributed by atoms with Crippen LogP contribution in [0, 0.1) is 5.82 Å². The summed E-state index contributed by atoms with van der Waals surface area (Å²) >= 11 is 1.18. The third kappa shape index (κ3) is 7.86. The summed E-state index contributed by atoms with van der Waals surface area (Å²) in [6.45, 7) is 3.68. The number of halogens is 1. The molecule has 0 aliphatic rings. The van der Waals surface area contributed by atoms with Gasteiger partial charge in [-0.15, -0.1) is 11.8 Å². The Balaban J connectivity index is 1.46. The average molecular weight is 623 g/mol. The second-order valence-electron chi connectivity index (χ2n) is 9.83. The average Bonchev–Trinajstić information content (AvgIpc) is 3.42. The highest BCUT2D eigenvalue weighted by Gasteiger charge is 2.24. The van der Waals surface area contributed by atoms with Gasteiger partial charge in [-0.1, -0.05) is 37.6 Å². The second-order valence-corrected chi connectivity index (χ2v) is 11.1. The van der Waals surface area contributed by atoms with Crippen LogP contribution in [0.5, 0.6) is 11.5 Å². The Bertz CT molecular complexity index is 1770. The molecule has 44 heavy (non-hydrogen) atoms. The zero-order chi connectivity index (χ0) is 31.8. The largest absolute Gasteiger partial charge is 0.507 e. The van der Waals surface area contributed by atoms with Crippen molar-refractivity contribution >= 4 is 34.5 Å². The lowest BCUT2D eigenvalue weighted by molar-refractivity contribution is 0.0662. The molecule has 4 rings (SSSR count). The number of furan rings is 1. The number of Topliss-reactive ketones (excluding diaryl/α,β-unsaturated/α-hetero) is 1. The number of carbonyl (C=O) groups is 2. The van der Waals surface area contributed by atoms with Crippen LogP contribution in [0.4, 0.5) is 4.39 Å². The summed E-state index contributed by atoms with van der Waals surface area (Å²) in [6, 6.07) is 9.89. The zero-order valence-corrected chi connectivity index (χ0v) is 24.8. The van der Waals surface area contributed by atoms with Crippen LogP contribution in [0.25, 0.3) is 11.0 Å². The van der Waals surface area contributed by atoms with Gasteiger partial charge in [-0.2, -0.15) is 0 Å². The molecule has 0 unspecified atom stereocenters. The predicted octanol–water partition coefficient (Wildman–Crippen LogP) is 6.86. The van der Waals surface area contributed by atoms with E-state index in [9.17, 15) is 34.1 Å². The van der Waals surface area contributed by atoms with Gasteiger partial charge in [0.1, 0.15) is 35.2 Å². The molecule has 0 radical (unpaired) electrons. The number of ketones is 1. The molecule has 0 amide bonds. The van der Waals surface area contributed by atoms with Crippen molar-refractivity contribution in [2.45, 2.75) is 49.4 Å². The van der Waals surface area contributed by atoms with Crippen molar-refractivity contribution in [2.24, 2.45) is 0 Å². The predicted molar refractivity (Wildman–Crippen MR) is 163 cm³/mol. The molecule has 0 aliphatic heterocycles.